The van der Waals surface area contributed by atoms with E-state index in [1.54, 1.807) is 31.5 Å². The summed E-state index contributed by atoms with van der Waals surface area (Å²) in [7, 11) is 4.33. The number of anilines is 1. The van der Waals surface area contributed by atoms with Crippen LogP contribution in [0.3, 0.4) is 0 Å². The van der Waals surface area contributed by atoms with E-state index in [1.165, 1.54) is 20.4 Å². The van der Waals surface area contributed by atoms with Gasteiger partial charge in [0, 0.05) is 34.8 Å². The zero-order valence-electron chi connectivity index (χ0n) is 23.7. The van der Waals surface area contributed by atoms with E-state index in [0.717, 1.165) is 48.0 Å². The molecule has 4 aromatic rings. The molecule has 0 unspecified atom stereocenters. The Balaban J connectivity index is 0.000000170. The van der Waals surface area contributed by atoms with Crippen molar-refractivity contribution in [2.45, 2.75) is 49.4 Å². The predicted molar refractivity (Wildman–Crippen MR) is 151 cm³/mol. The normalized spacial score (nSPS) is 16.9. The third-order valence-corrected chi connectivity index (χ3v) is 8.60. The van der Waals surface area contributed by atoms with Crippen molar-refractivity contribution in [1.82, 2.24) is 19.9 Å². The van der Waals surface area contributed by atoms with Gasteiger partial charge in [0.05, 0.1) is 65.7 Å². The van der Waals surface area contributed by atoms with Crippen LogP contribution in [0.25, 0.3) is 22.1 Å². The number of aromatic nitrogens is 4. The van der Waals surface area contributed by atoms with Gasteiger partial charge in [0.25, 0.3) is 5.69 Å². The van der Waals surface area contributed by atoms with Gasteiger partial charge in [-0.25, -0.2) is 15.0 Å². The molecule has 4 aromatic heterocycles. The number of fused-ring (bicyclic) bond motifs is 5. The summed E-state index contributed by atoms with van der Waals surface area (Å²) in [4.78, 5) is 52.8. The minimum atomic E-state index is -1.04. The van der Waals surface area contributed by atoms with Crippen molar-refractivity contribution in [3.05, 3.63) is 57.9 Å². The van der Waals surface area contributed by atoms with Crippen LogP contribution in [-0.2, 0) is 42.2 Å². The fourth-order valence-corrected chi connectivity index (χ4v) is 6.15. The molecule has 5 heterocycles. The van der Waals surface area contributed by atoms with E-state index < -0.39 is 16.3 Å². The second-order valence-corrected chi connectivity index (χ2v) is 10.6. The topological polar surface area (TPSA) is 169 Å². The first kappa shape index (κ1) is 30.1. The standard InChI is InChI=1S/C15H15N3O5.C14H13N3O2.Fe/c1-22-11-5-4-9-13(17-11)12(10(8-16-9)18(20)21)15(6-3-7-15)14(19)23-2;1-19-10-4-3-8-12(17-10)11-9(7-15-8)16-13(18)14(11)5-2-6-14;/h4-5,8H,3,6-7H2,1-2H3;3-4,7H,2,5-6H2,1H3,(H,16,18);. The molecule has 0 atom stereocenters. The number of hydrogen-bond donors (Lipinski definition) is 1. The largest absolute Gasteiger partial charge is 0.481 e. The van der Waals surface area contributed by atoms with E-state index in [-0.39, 0.29) is 39.6 Å². The molecule has 1 N–H and O–H groups in total. The molecule has 1 amide bonds. The van der Waals surface area contributed by atoms with Crippen LogP contribution in [0.4, 0.5) is 11.4 Å². The van der Waals surface area contributed by atoms with E-state index in [9.17, 15) is 19.7 Å². The van der Waals surface area contributed by atoms with E-state index in [4.69, 9.17) is 14.2 Å². The number of hydrogen-bond acceptors (Lipinski definition) is 11. The van der Waals surface area contributed by atoms with Crippen molar-refractivity contribution < 1.29 is 45.8 Å². The molecule has 2 saturated carbocycles. The summed E-state index contributed by atoms with van der Waals surface area (Å²) in [6, 6.07) is 6.96. The average molecular weight is 628 g/mol. The van der Waals surface area contributed by atoms with Crippen LogP contribution >= 0.6 is 0 Å². The van der Waals surface area contributed by atoms with Crippen LogP contribution in [0, 0.1) is 10.1 Å². The Hall–Kier alpha value is -4.42. The maximum Gasteiger partial charge on any atom is 0.316 e. The first-order chi connectivity index (χ1) is 20.3. The summed E-state index contributed by atoms with van der Waals surface area (Å²) in [5, 5.41) is 14.4. The number of carbonyl (C=O) groups is 2. The van der Waals surface area contributed by atoms with Crippen molar-refractivity contribution in [1.29, 1.82) is 0 Å². The van der Waals surface area contributed by atoms with Crippen molar-refractivity contribution in [2.75, 3.05) is 26.6 Å². The Morgan fingerprint density at radius 3 is 1.91 bits per heavy atom. The molecule has 43 heavy (non-hydrogen) atoms. The Morgan fingerprint density at radius 2 is 1.44 bits per heavy atom. The minimum Gasteiger partial charge on any atom is -0.481 e. The molecule has 0 bridgehead atoms. The van der Waals surface area contributed by atoms with E-state index >= 15 is 0 Å². The maximum absolute atomic E-state index is 12.4. The van der Waals surface area contributed by atoms with Crippen LogP contribution in [0.5, 0.6) is 11.8 Å². The van der Waals surface area contributed by atoms with Gasteiger partial charge in [-0.05, 0) is 37.8 Å². The van der Waals surface area contributed by atoms with Crippen LogP contribution in [0.2, 0.25) is 0 Å². The van der Waals surface area contributed by atoms with Gasteiger partial charge >= 0.3 is 5.97 Å². The zero-order chi connectivity index (χ0) is 29.6. The van der Waals surface area contributed by atoms with Gasteiger partial charge in [-0.2, -0.15) is 0 Å². The van der Waals surface area contributed by atoms with Crippen LogP contribution in [0.1, 0.15) is 49.7 Å². The summed E-state index contributed by atoms with van der Waals surface area (Å²) in [6.45, 7) is 0. The summed E-state index contributed by atoms with van der Waals surface area (Å²) in [5.41, 5.74) is 2.81. The Morgan fingerprint density at radius 1 is 0.884 bits per heavy atom. The molecule has 0 saturated heterocycles. The van der Waals surface area contributed by atoms with Gasteiger partial charge in [0.1, 0.15) is 17.1 Å². The summed E-state index contributed by atoms with van der Waals surface area (Å²) < 4.78 is 15.2. The van der Waals surface area contributed by atoms with Crippen molar-refractivity contribution in [3.63, 3.8) is 0 Å². The molecule has 1 aliphatic heterocycles. The number of carbonyl (C=O) groups excluding carboxylic acids is 2. The van der Waals surface area contributed by atoms with Crippen molar-refractivity contribution in [3.8, 4) is 11.8 Å². The number of rotatable bonds is 5. The van der Waals surface area contributed by atoms with Gasteiger partial charge in [-0.3, -0.25) is 24.7 Å². The molecular weight excluding hydrogens is 600 g/mol. The van der Waals surface area contributed by atoms with E-state index in [2.05, 4.69) is 25.3 Å². The van der Waals surface area contributed by atoms with Crippen LogP contribution in [0.15, 0.2) is 36.7 Å². The van der Waals surface area contributed by atoms with Crippen LogP contribution in [-0.4, -0.2) is 58.1 Å². The number of ether oxygens (including phenoxy) is 3. The molecular formula is C29H28FeN6O7. The van der Waals surface area contributed by atoms with Gasteiger partial charge in [-0.15, -0.1) is 0 Å². The number of nitro groups is 1. The van der Waals surface area contributed by atoms with Crippen molar-refractivity contribution >= 4 is 45.3 Å². The molecule has 7 rings (SSSR count). The molecule has 3 aliphatic rings. The van der Waals surface area contributed by atoms with E-state index in [1.807, 2.05) is 6.07 Å². The smallest absolute Gasteiger partial charge is 0.316 e. The predicted octanol–water partition coefficient (Wildman–Crippen LogP) is 4.15. The van der Waals surface area contributed by atoms with Crippen molar-refractivity contribution in [2.24, 2.45) is 0 Å². The quantitative estimate of drug-likeness (QED) is 0.146. The molecule has 0 radical (unpaired) electrons. The van der Waals surface area contributed by atoms with E-state index in [0.29, 0.717) is 35.6 Å². The first-order valence-electron chi connectivity index (χ1n) is 13.5. The van der Waals surface area contributed by atoms with Gasteiger partial charge in [-0.1, -0.05) is 12.8 Å². The molecule has 13 nitrogen and oxygen atoms in total. The second kappa shape index (κ2) is 11.3. The van der Waals surface area contributed by atoms with Gasteiger partial charge < -0.3 is 19.5 Å². The number of amides is 1. The maximum atomic E-state index is 12.4. The number of esters is 1. The monoisotopic (exact) mass is 628 g/mol. The second-order valence-electron chi connectivity index (χ2n) is 10.6. The van der Waals surface area contributed by atoms with Gasteiger partial charge in [0.15, 0.2) is 0 Å². The summed E-state index contributed by atoms with van der Waals surface area (Å²) in [6.07, 6.45) is 7.54. The SMILES string of the molecule is COC(=O)C1(c2c([N+](=O)[O-])cnc3ccc(OC)nc23)CCC1.COc1ccc2ncc3c(c2n1)C1(CCC1)C(=O)N3.[Fe]. The molecule has 2 fully saturated rings. The Kier molecular flexibility index (Phi) is 7.93. The minimum absolute atomic E-state index is 0. The molecule has 224 valence electrons. The summed E-state index contributed by atoms with van der Waals surface area (Å²) in [5.74, 6) is 0.466. The Labute approximate surface area is 256 Å². The molecule has 2 aliphatic carbocycles. The third-order valence-electron chi connectivity index (χ3n) is 8.60. The molecule has 0 aromatic carbocycles. The molecule has 1 spiro atoms. The Bertz CT molecular complexity index is 1770. The summed E-state index contributed by atoms with van der Waals surface area (Å²) >= 11 is 0. The third kappa shape index (κ3) is 4.61. The number of nitrogens with zero attached hydrogens (tertiary/aromatic N) is 5. The fourth-order valence-electron chi connectivity index (χ4n) is 6.15. The number of nitrogens with one attached hydrogen (secondary N) is 1. The number of methoxy groups -OCH3 is 3. The van der Waals surface area contributed by atoms with Crippen LogP contribution < -0.4 is 14.8 Å². The first-order valence-corrected chi connectivity index (χ1v) is 13.5. The average Bonchev–Trinajstić information content (AvgIpc) is 3.28. The fraction of sp³-hybridized carbons (Fsp3) is 0.379. The zero-order valence-corrected chi connectivity index (χ0v) is 24.8. The number of pyridine rings is 4. The van der Waals surface area contributed by atoms with Gasteiger partial charge in [0.2, 0.25) is 17.7 Å². The molecule has 14 heteroatoms.